The number of benzene rings is 1. The van der Waals surface area contributed by atoms with Gasteiger partial charge in [-0.1, -0.05) is 13.8 Å². The zero-order chi connectivity index (χ0) is 25.4. The van der Waals surface area contributed by atoms with Crippen LogP contribution in [0, 0.1) is 0 Å². The number of amides is 1. The van der Waals surface area contributed by atoms with Crippen molar-refractivity contribution in [2.24, 2.45) is 0 Å². The van der Waals surface area contributed by atoms with E-state index in [-0.39, 0.29) is 23.0 Å². The normalized spacial score (nSPS) is 11.2. The Labute approximate surface area is 189 Å². The summed E-state index contributed by atoms with van der Waals surface area (Å²) < 4.78 is 79.6. The van der Waals surface area contributed by atoms with Crippen LogP contribution in [0.15, 0.2) is 49.1 Å². The Bertz CT molecular complexity index is 1090. The van der Waals surface area contributed by atoms with E-state index in [1.807, 2.05) is 13.8 Å². The quantitative estimate of drug-likeness (QED) is 0.457. The van der Waals surface area contributed by atoms with E-state index < -0.39 is 36.3 Å². The highest BCUT2D eigenvalue weighted by atomic mass is 19.4. The Hall–Kier alpha value is -3.97. The number of hydrogen-bond donors (Lipinski definition) is 2. The number of carbonyl (C=O) groups is 1. The van der Waals surface area contributed by atoms with Gasteiger partial charge in [-0.3, -0.25) is 4.79 Å². The van der Waals surface area contributed by atoms with Crippen molar-refractivity contribution in [3.05, 3.63) is 60.3 Å². The molecule has 1 aromatic carbocycles. The van der Waals surface area contributed by atoms with Crippen molar-refractivity contribution in [3.63, 3.8) is 0 Å². The highest BCUT2D eigenvalue weighted by molar-refractivity contribution is 6.03. The average molecular weight is 488 g/mol. The smallest absolute Gasteiger partial charge is 0.422 e. The van der Waals surface area contributed by atoms with E-state index in [9.17, 15) is 31.1 Å². The fraction of sp³-hybridized carbons (Fsp3) is 0.250. The van der Waals surface area contributed by atoms with Gasteiger partial charge in [-0.15, -0.1) is 0 Å². The van der Waals surface area contributed by atoms with Gasteiger partial charge >= 0.3 is 12.4 Å². The van der Waals surface area contributed by atoms with Gasteiger partial charge in [0.1, 0.15) is 17.7 Å². The number of nitrogens with one attached hydrogen (secondary N) is 2. The summed E-state index contributed by atoms with van der Waals surface area (Å²) in [7, 11) is 0. The molecular weight excluding hydrogens is 470 g/mol. The topological polar surface area (TPSA) is 102 Å². The van der Waals surface area contributed by atoms with Crippen LogP contribution in [0.4, 0.5) is 43.7 Å². The number of hydrogen-bond acceptors (Lipinski definition) is 7. The van der Waals surface area contributed by atoms with Gasteiger partial charge in [0, 0.05) is 11.9 Å². The minimum Gasteiger partial charge on any atom is -0.466 e. The zero-order valence-corrected chi connectivity index (χ0v) is 17.7. The van der Waals surface area contributed by atoms with Gasteiger partial charge < -0.3 is 15.4 Å². The van der Waals surface area contributed by atoms with Crippen LogP contribution in [0.1, 0.15) is 29.9 Å². The fourth-order valence-electron chi connectivity index (χ4n) is 2.27. The second kappa shape index (κ2) is 11.2. The maximum absolute atomic E-state index is 12.6. The Kier molecular flexibility index (Phi) is 8.70. The summed E-state index contributed by atoms with van der Waals surface area (Å²) in [6.45, 7) is 2.38. The van der Waals surface area contributed by atoms with Crippen LogP contribution in [0.3, 0.4) is 0 Å². The minimum absolute atomic E-state index is 0.102. The van der Waals surface area contributed by atoms with Crippen LogP contribution in [0.5, 0.6) is 5.88 Å². The maximum atomic E-state index is 12.6. The summed E-state index contributed by atoms with van der Waals surface area (Å²) in [6, 6.07) is 5.25. The molecule has 14 heteroatoms. The summed E-state index contributed by atoms with van der Waals surface area (Å²) in [5.41, 5.74) is -1.03. The molecular formula is C20H18F6N6O2. The van der Waals surface area contributed by atoms with Gasteiger partial charge in [0.2, 0.25) is 11.8 Å². The lowest BCUT2D eigenvalue weighted by molar-refractivity contribution is -0.154. The maximum Gasteiger partial charge on any atom is 0.422 e. The van der Waals surface area contributed by atoms with Crippen molar-refractivity contribution in [1.29, 1.82) is 0 Å². The van der Waals surface area contributed by atoms with Crippen molar-refractivity contribution in [1.82, 2.24) is 19.9 Å². The predicted octanol–water partition coefficient (Wildman–Crippen LogP) is 5.25. The summed E-state index contributed by atoms with van der Waals surface area (Å²) >= 11 is 0. The van der Waals surface area contributed by atoms with E-state index in [1.165, 1.54) is 12.3 Å². The molecule has 2 heterocycles. The first kappa shape index (κ1) is 26.3. The van der Waals surface area contributed by atoms with E-state index in [4.69, 9.17) is 0 Å². The SMILES string of the molecule is CC.O=C(Nc1cncnc1OCC(F)(F)F)c1ccnc(Nc2ccc(C(F)(F)F)cc2)n1. The van der Waals surface area contributed by atoms with Crippen molar-refractivity contribution in [2.75, 3.05) is 17.2 Å². The first-order valence-electron chi connectivity index (χ1n) is 9.59. The largest absolute Gasteiger partial charge is 0.466 e. The summed E-state index contributed by atoms with van der Waals surface area (Å²) in [6.07, 6.45) is -5.91. The molecule has 34 heavy (non-hydrogen) atoms. The third kappa shape index (κ3) is 7.86. The summed E-state index contributed by atoms with van der Waals surface area (Å²) in [5, 5.41) is 4.92. The first-order valence-corrected chi connectivity index (χ1v) is 9.59. The van der Waals surface area contributed by atoms with Crippen LogP contribution < -0.4 is 15.4 Å². The molecule has 0 aliphatic heterocycles. The third-order valence-electron chi connectivity index (χ3n) is 3.65. The summed E-state index contributed by atoms with van der Waals surface area (Å²) in [5.74, 6) is -1.44. The van der Waals surface area contributed by atoms with Crippen LogP contribution in [-0.4, -0.2) is 38.6 Å². The Morgan fingerprint density at radius 3 is 2.29 bits per heavy atom. The van der Waals surface area contributed by atoms with Crippen LogP contribution >= 0.6 is 0 Å². The molecule has 0 spiro atoms. The minimum atomic E-state index is -4.61. The molecule has 0 radical (unpaired) electrons. The molecule has 0 atom stereocenters. The van der Waals surface area contributed by atoms with Gasteiger partial charge in [-0.25, -0.2) is 15.0 Å². The first-order chi connectivity index (χ1) is 16.0. The van der Waals surface area contributed by atoms with Gasteiger partial charge in [0.25, 0.3) is 5.91 Å². The van der Waals surface area contributed by atoms with E-state index >= 15 is 0 Å². The van der Waals surface area contributed by atoms with Gasteiger partial charge in [0.15, 0.2) is 6.61 Å². The van der Waals surface area contributed by atoms with Gasteiger partial charge in [-0.05, 0) is 30.3 Å². The second-order valence-corrected chi connectivity index (χ2v) is 6.07. The van der Waals surface area contributed by atoms with Crippen molar-refractivity contribution < 1.29 is 35.9 Å². The predicted molar refractivity (Wildman–Crippen MR) is 110 cm³/mol. The lowest BCUT2D eigenvalue weighted by Crippen LogP contribution is -2.21. The average Bonchev–Trinajstić information content (AvgIpc) is 2.79. The molecule has 2 N–H and O–H groups in total. The molecule has 0 aliphatic carbocycles. The molecule has 0 fully saturated rings. The second-order valence-electron chi connectivity index (χ2n) is 6.07. The lowest BCUT2D eigenvalue weighted by atomic mass is 10.2. The van der Waals surface area contributed by atoms with Crippen molar-refractivity contribution in [3.8, 4) is 5.88 Å². The van der Waals surface area contributed by atoms with Gasteiger partial charge in [-0.2, -0.15) is 31.3 Å². The van der Waals surface area contributed by atoms with E-state index in [2.05, 4.69) is 35.3 Å². The molecule has 3 aromatic rings. The number of nitrogens with zero attached hydrogens (tertiary/aromatic N) is 4. The number of aromatic nitrogens is 4. The monoisotopic (exact) mass is 488 g/mol. The molecule has 182 valence electrons. The molecule has 0 saturated carbocycles. The Morgan fingerprint density at radius 1 is 1.00 bits per heavy atom. The highest BCUT2D eigenvalue weighted by Crippen LogP contribution is 2.30. The number of carbonyl (C=O) groups excluding carboxylic acids is 1. The highest BCUT2D eigenvalue weighted by Gasteiger charge is 2.30. The van der Waals surface area contributed by atoms with Crippen molar-refractivity contribution in [2.45, 2.75) is 26.2 Å². The zero-order valence-electron chi connectivity index (χ0n) is 17.7. The van der Waals surface area contributed by atoms with Crippen LogP contribution in [-0.2, 0) is 6.18 Å². The van der Waals surface area contributed by atoms with E-state index in [1.54, 1.807) is 0 Å². The molecule has 0 aliphatic rings. The number of alkyl halides is 6. The molecule has 0 unspecified atom stereocenters. The van der Waals surface area contributed by atoms with Crippen molar-refractivity contribution >= 4 is 23.2 Å². The molecule has 3 rings (SSSR count). The number of ether oxygens (including phenoxy) is 1. The number of rotatable bonds is 6. The van der Waals surface area contributed by atoms with E-state index in [0.29, 0.717) is 0 Å². The van der Waals surface area contributed by atoms with Crippen LogP contribution in [0.2, 0.25) is 0 Å². The molecule has 0 bridgehead atoms. The number of anilines is 3. The lowest BCUT2D eigenvalue weighted by Gasteiger charge is -2.12. The van der Waals surface area contributed by atoms with Crippen LogP contribution in [0.25, 0.3) is 0 Å². The molecule has 0 saturated heterocycles. The standard InChI is InChI=1S/C18H12F6N6O2.C2H6/c19-17(20,21)8-32-15-13(7-25-9-27-15)29-14(31)12-5-6-26-16(30-12)28-11-3-1-10(2-4-11)18(22,23)24;1-2/h1-7,9H,8H2,(H,29,31)(H,26,28,30);1-2H3. The molecule has 1 amide bonds. The molecule has 2 aromatic heterocycles. The van der Waals surface area contributed by atoms with E-state index in [0.717, 1.165) is 36.8 Å². The number of halogens is 6. The summed E-state index contributed by atoms with van der Waals surface area (Å²) in [4.78, 5) is 27.4. The van der Waals surface area contributed by atoms with Gasteiger partial charge in [0.05, 0.1) is 11.8 Å². The Balaban J connectivity index is 0.00000199. The fourth-order valence-corrected chi connectivity index (χ4v) is 2.27. The molecule has 8 nitrogen and oxygen atoms in total. The third-order valence-corrected chi connectivity index (χ3v) is 3.65. The Morgan fingerprint density at radius 2 is 1.68 bits per heavy atom.